The molecule has 0 saturated carbocycles. The zero-order chi connectivity index (χ0) is 17.9. The van der Waals surface area contributed by atoms with Crippen LogP contribution >= 0.6 is 0 Å². The van der Waals surface area contributed by atoms with Gasteiger partial charge in [-0.15, -0.1) is 0 Å². The van der Waals surface area contributed by atoms with E-state index in [0.717, 1.165) is 22.4 Å². The molecular formula is C20H18N4O2. The highest BCUT2D eigenvalue weighted by molar-refractivity contribution is 5.93. The minimum atomic E-state index is -0.0852. The lowest BCUT2D eigenvalue weighted by atomic mass is 10.0. The summed E-state index contributed by atoms with van der Waals surface area (Å²) < 4.78 is 8.69. The Bertz CT molecular complexity index is 1080. The molecule has 6 heteroatoms. The zero-order valence-corrected chi connectivity index (χ0v) is 14.4. The molecule has 0 fully saturated rings. The normalized spacial score (nSPS) is 11.0. The first-order valence-electron chi connectivity index (χ1n) is 8.36. The molecule has 0 radical (unpaired) electrons. The van der Waals surface area contributed by atoms with Gasteiger partial charge in [0.1, 0.15) is 5.75 Å². The number of rotatable bonds is 5. The van der Waals surface area contributed by atoms with Crippen molar-refractivity contribution in [3.05, 3.63) is 77.6 Å². The number of hydrogen-bond acceptors (Lipinski definition) is 4. The van der Waals surface area contributed by atoms with Crippen LogP contribution in [0.5, 0.6) is 5.75 Å². The summed E-state index contributed by atoms with van der Waals surface area (Å²) in [5.41, 5.74) is 1.64. The smallest absolute Gasteiger partial charge is 0.274 e. The molecule has 130 valence electrons. The third-order valence-corrected chi connectivity index (χ3v) is 4.36. The molecule has 0 spiro atoms. The molecule has 6 nitrogen and oxygen atoms in total. The molecule has 0 amide bonds. The van der Waals surface area contributed by atoms with Crippen LogP contribution in [0.1, 0.15) is 0 Å². The number of aryl methyl sites for hydroxylation is 2. The standard InChI is InChI=1S/C20H18N4O2/c1-26-16-8-6-15(7-9-16)19-17-4-2-3-5-18(17)20(25)24(22-19)13-12-23-11-10-21-14-23/h2-11,14H,12-13H2,1H3. The van der Waals surface area contributed by atoms with Gasteiger partial charge >= 0.3 is 0 Å². The first kappa shape index (κ1) is 16.1. The first-order valence-corrected chi connectivity index (χ1v) is 8.36. The van der Waals surface area contributed by atoms with Crippen molar-refractivity contribution in [1.82, 2.24) is 19.3 Å². The number of methoxy groups -OCH3 is 1. The van der Waals surface area contributed by atoms with Gasteiger partial charge < -0.3 is 9.30 Å². The fourth-order valence-corrected chi connectivity index (χ4v) is 2.98. The lowest BCUT2D eigenvalue weighted by Gasteiger charge is -2.12. The summed E-state index contributed by atoms with van der Waals surface area (Å²) in [7, 11) is 1.64. The van der Waals surface area contributed by atoms with E-state index in [1.54, 1.807) is 19.6 Å². The minimum absolute atomic E-state index is 0.0852. The molecule has 0 N–H and O–H groups in total. The van der Waals surface area contributed by atoms with E-state index in [1.807, 2.05) is 59.3 Å². The lowest BCUT2D eigenvalue weighted by Crippen LogP contribution is -2.25. The van der Waals surface area contributed by atoms with Crippen LogP contribution in [0.15, 0.2) is 72.0 Å². The second kappa shape index (κ2) is 6.84. The molecule has 4 rings (SSSR count). The fourth-order valence-electron chi connectivity index (χ4n) is 2.98. The highest BCUT2D eigenvalue weighted by Crippen LogP contribution is 2.26. The van der Waals surface area contributed by atoms with E-state index in [0.29, 0.717) is 18.5 Å². The molecule has 4 aromatic rings. The molecule has 26 heavy (non-hydrogen) atoms. The fraction of sp³-hybridized carbons (Fsp3) is 0.150. The first-order chi connectivity index (χ1) is 12.8. The van der Waals surface area contributed by atoms with Crippen LogP contribution in [-0.2, 0) is 13.1 Å². The Morgan fingerprint density at radius 3 is 2.46 bits per heavy atom. The molecular weight excluding hydrogens is 328 g/mol. The average Bonchev–Trinajstić information content (AvgIpc) is 3.21. The van der Waals surface area contributed by atoms with Gasteiger partial charge in [-0.1, -0.05) is 18.2 Å². The number of hydrogen-bond donors (Lipinski definition) is 0. The number of benzene rings is 2. The Morgan fingerprint density at radius 2 is 1.77 bits per heavy atom. The molecule has 2 aromatic carbocycles. The predicted octanol–water partition coefficient (Wildman–Crippen LogP) is 2.97. The van der Waals surface area contributed by atoms with E-state index in [2.05, 4.69) is 10.1 Å². The summed E-state index contributed by atoms with van der Waals surface area (Å²) in [5.74, 6) is 0.784. The number of aromatic nitrogens is 4. The van der Waals surface area contributed by atoms with E-state index in [9.17, 15) is 4.79 Å². The summed E-state index contributed by atoms with van der Waals surface area (Å²) in [6.07, 6.45) is 5.33. The summed E-state index contributed by atoms with van der Waals surface area (Å²) in [4.78, 5) is 16.9. The van der Waals surface area contributed by atoms with Gasteiger partial charge in [0.25, 0.3) is 5.56 Å². The van der Waals surface area contributed by atoms with Crippen molar-refractivity contribution in [1.29, 1.82) is 0 Å². The topological polar surface area (TPSA) is 61.9 Å². The monoisotopic (exact) mass is 346 g/mol. The second-order valence-corrected chi connectivity index (χ2v) is 5.95. The molecule has 2 aromatic heterocycles. The quantitative estimate of drug-likeness (QED) is 0.557. The molecule has 0 bridgehead atoms. The van der Waals surface area contributed by atoms with Crippen molar-refractivity contribution in [3.8, 4) is 17.0 Å². The Kier molecular flexibility index (Phi) is 4.23. The summed E-state index contributed by atoms with van der Waals surface area (Å²) in [6.45, 7) is 1.11. The molecule has 0 atom stereocenters. The van der Waals surface area contributed by atoms with Crippen molar-refractivity contribution >= 4 is 10.8 Å². The molecule has 0 aliphatic heterocycles. The van der Waals surface area contributed by atoms with Gasteiger partial charge in [-0.3, -0.25) is 4.79 Å². The van der Waals surface area contributed by atoms with Crippen molar-refractivity contribution in [2.24, 2.45) is 0 Å². The van der Waals surface area contributed by atoms with Gasteiger partial charge in [0.15, 0.2) is 0 Å². The van der Waals surface area contributed by atoms with Gasteiger partial charge in [0, 0.05) is 29.9 Å². The number of ether oxygens (including phenoxy) is 1. The van der Waals surface area contributed by atoms with Crippen LogP contribution in [0.4, 0.5) is 0 Å². The van der Waals surface area contributed by atoms with Crippen LogP contribution in [-0.4, -0.2) is 26.4 Å². The molecule has 0 aliphatic rings. The number of nitrogens with zero attached hydrogens (tertiary/aromatic N) is 4. The maximum Gasteiger partial charge on any atom is 0.274 e. The van der Waals surface area contributed by atoms with Crippen LogP contribution in [0, 0.1) is 0 Å². The van der Waals surface area contributed by atoms with E-state index in [4.69, 9.17) is 4.74 Å². The van der Waals surface area contributed by atoms with E-state index in [1.165, 1.54) is 4.68 Å². The largest absolute Gasteiger partial charge is 0.497 e. The number of fused-ring (bicyclic) bond motifs is 1. The summed E-state index contributed by atoms with van der Waals surface area (Å²) in [6, 6.07) is 15.3. The average molecular weight is 346 g/mol. The van der Waals surface area contributed by atoms with Gasteiger partial charge in [-0.2, -0.15) is 5.10 Å². The summed E-state index contributed by atoms with van der Waals surface area (Å²) in [5, 5.41) is 6.17. The highest BCUT2D eigenvalue weighted by atomic mass is 16.5. The third kappa shape index (κ3) is 2.97. The Labute approximate surface area is 150 Å². The van der Waals surface area contributed by atoms with Crippen molar-refractivity contribution in [3.63, 3.8) is 0 Å². The molecule has 0 unspecified atom stereocenters. The minimum Gasteiger partial charge on any atom is -0.497 e. The second-order valence-electron chi connectivity index (χ2n) is 5.95. The van der Waals surface area contributed by atoms with Crippen LogP contribution < -0.4 is 10.3 Å². The van der Waals surface area contributed by atoms with E-state index >= 15 is 0 Å². The van der Waals surface area contributed by atoms with Crippen LogP contribution in [0.3, 0.4) is 0 Å². The van der Waals surface area contributed by atoms with E-state index < -0.39 is 0 Å². The van der Waals surface area contributed by atoms with Gasteiger partial charge in [-0.25, -0.2) is 9.67 Å². The highest BCUT2D eigenvalue weighted by Gasteiger charge is 2.12. The Balaban J connectivity index is 1.82. The molecule has 2 heterocycles. The Hall–Kier alpha value is -3.41. The van der Waals surface area contributed by atoms with Gasteiger partial charge in [-0.05, 0) is 30.3 Å². The maximum absolute atomic E-state index is 12.8. The van der Waals surface area contributed by atoms with Crippen molar-refractivity contribution in [2.75, 3.05) is 7.11 Å². The van der Waals surface area contributed by atoms with Gasteiger partial charge in [0.05, 0.1) is 31.1 Å². The number of imidazole rings is 1. The zero-order valence-electron chi connectivity index (χ0n) is 14.4. The Morgan fingerprint density at radius 1 is 1.00 bits per heavy atom. The van der Waals surface area contributed by atoms with Gasteiger partial charge in [0.2, 0.25) is 0 Å². The van der Waals surface area contributed by atoms with E-state index in [-0.39, 0.29) is 5.56 Å². The predicted molar refractivity (Wildman–Crippen MR) is 100 cm³/mol. The van der Waals surface area contributed by atoms with Crippen molar-refractivity contribution in [2.45, 2.75) is 13.1 Å². The summed E-state index contributed by atoms with van der Waals surface area (Å²) >= 11 is 0. The lowest BCUT2D eigenvalue weighted by molar-refractivity contribution is 0.415. The third-order valence-electron chi connectivity index (χ3n) is 4.36. The molecule has 0 aliphatic carbocycles. The van der Waals surface area contributed by atoms with Crippen LogP contribution in [0.2, 0.25) is 0 Å². The van der Waals surface area contributed by atoms with Crippen LogP contribution in [0.25, 0.3) is 22.0 Å². The molecule has 0 saturated heterocycles. The van der Waals surface area contributed by atoms with Crippen molar-refractivity contribution < 1.29 is 4.74 Å². The maximum atomic E-state index is 12.8. The SMILES string of the molecule is COc1ccc(-c2nn(CCn3ccnc3)c(=O)c3ccccc23)cc1.